The number of rotatable bonds is 4. The summed E-state index contributed by atoms with van der Waals surface area (Å²) in [7, 11) is 0. The zero-order valence-corrected chi connectivity index (χ0v) is 15.8. The molecule has 0 bridgehead atoms. The van der Waals surface area contributed by atoms with Gasteiger partial charge in [-0.1, -0.05) is 5.16 Å². The second-order valence-electron chi connectivity index (χ2n) is 7.02. The topological polar surface area (TPSA) is 103 Å². The summed E-state index contributed by atoms with van der Waals surface area (Å²) in [5.41, 5.74) is 1.34. The molecule has 1 aromatic carbocycles. The largest absolute Gasteiger partial charge is 0.454 e. The molecule has 4 heterocycles. The van der Waals surface area contributed by atoms with Gasteiger partial charge in [-0.3, -0.25) is 4.79 Å². The molecule has 5 rings (SSSR count). The molecule has 148 valence electrons. The Balaban J connectivity index is 1.21. The van der Waals surface area contributed by atoms with Gasteiger partial charge in [-0.25, -0.2) is 4.98 Å². The number of hydrogen-bond donors (Lipinski definition) is 1. The third-order valence-corrected chi connectivity index (χ3v) is 5.00. The van der Waals surface area contributed by atoms with Crippen molar-refractivity contribution in [2.24, 2.45) is 0 Å². The van der Waals surface area contributed by atoms with Gasteiger partial charge in [0.2, 0.25) is 6.79 Å². The first kappa shape index (κ1) is 17.5. The van der Waals surface area contributed by atoms with E-state index in [9.17, 15) is 4.79 Å². The van der Waals surface area contributed by atoms with E-state index < -0.39 is 0 Å². The molecule has 0 saturated carbocycles. The minimum atomic E-state index is -0.120. The number of anilines is 1. The van der Waals surface area contributed by atoms with Crippen molar-refractivity contribution in [3.8, 4) is 23.0 Å². The average Bonchev–Trinajstić information content (AvgIpc) is 3.48. The standard InChI is InChI=1S/C20H19N5O4/c1-12-22-20(29-24-12)14-3-5-18(21-9-14)25-7-6-15(10-25)23-19(26)13-2-4-16-17(8-13)28-11-27-16/h2-5,8-9,15H,6-7,10-11H2,1H3,(H,23,26)/t15-/m0/s1. The molecule has 1 N–H and O–H groups in total. The van der Waals surface area contributed by atoms with Gasteiger partial charge >= 0.3 is 0 Å². The van der Waals surface area contributed by atoms with Crippen LogP contribution in [0.5, 0.6) is 11.5 Å². The molecule has 2 aliphatic heterocycles. The highest BCUT2D eigenvalue weighted by atomic mass is 16.7. The van der Waals surface area contributed by atoms with E-state index in [1.165, 1.54) is 0 Å². The van der Waals surface area contributed by atoms with Crippen LogP contribution in [0.3, 0.4) is 0 Å². The first-order valence-electron chi connectivity index (χ1n) is 9.38. The van der Waals surface area contributed by atoms with Crippen molar-refractivity contribution >= 4 is 11.7 Å². The number of ether oxygens (including phenoxy) is 2. The predicted molar refractivity (Wildman–Crippen MR) is 103 cm³/mol. The molecule has 2 aromatic heterocycles. The first-order chi connectivity index (χ1) is 14.2. The SMILES string of the molecule is Cc1noc(-c2ccc(N3CC[C@H](NC(=O)c4ccc5c(c4)OCO5)C3)nc2)n1. The van der Waals surface area contributed by atoms with Crippen LogP contribution in [0.1, 0.15) is 22.6 Å². The minimum absolute atomic E-state index is 0.0491. The number of pyridine rings is 1. The van der Waals surface area contributed by atoms with Crippen LogP contribution in [-0.2, 0) is 0 Å². The van der Waals surface area contributed by atoms with E-state index in [0.29, 0.717) is 35.3 Å². The highest BCUT2D eigenvalue weighted by Gasteiger charge is 2.26. The number of nitrogens with zero attached hydrogens (tertiary/aromatic N) is 4. The summed E-state index contributed by atoms with van der Waals surface area (Å²) in [6.45, 7) is 3.48. The summed E-state index contributed by atoms with van der Waals surface area (Å²) in [6, 6.07) is 9.10. The smallest absolute Gasteiger partial charge is 0.259 e. The van der Waals surface area contributed by atoms with E-state index in [-0.39, 0.29) is 18.7 Å². The molecule has 0 aliphatic carbocycles. The van der Waals surface area contributed by atoms with Gasteiger partial charge in [0.1, 0.15) is 5.82 Å². The predicted octanol–water partition coefficient (Wildman–Crippen LogP) is 2.18. The quantitative estimate of drug-likeness (QED) is 0.720. The van der Waals surface area contributed by atoms with Crippen molar-refractivity contribution in [3.63, 3.8) is 0 Å². The normalized spacial score (nSPS) is 17.6. The second-order valence-corrected chi connectivity index (χ2v) is 7.02. The number of fused-ring (bicyclic) bond motifs is 1. The van der Waals surface area contributed by atoms with Crippen LogP contribution in [-0.4, -0.2) is 47.0 Å². The summed E-state index contributed by atoms with van der Waals surface area (Å²) in [4.78, 5) is 23.4. The molecule has 1 fully saturated rings. The number of aryl methyl sites for hydroxylation is 1. The Bertz CT molecular complexity index is 1050. The van der Waals surface area contributed by atoms with Crippen LogP contribution in [0.2, 0.25) is 0 Å². The summed E-state index contributed by atoms with van der Waals surface area (Å²) in [5, 5.41) is 6.88. The highest BCUT2D eigenvalue weighted by Crippen LogP contribution is 2.32. The molecule has 3 aromatic rings. The lowest BCUT2D eigenvalue weighted by atomic mass is 10.1. The highest BCUT2D eigenvalue weighted by molar-refractivity contribution is 5.95. The fourth-order valence-corrected chi connectivity index (χ4v) is 3.51. The molecule has 1 saturated heterocycles. The third kappa shape index (κ3) is 3.46. The van der Waals surface area contributed by atoms with E-state index in [4.69, 9.17) is 14.0 Å². The lowest BCUT2D eigenvalue weighted by Gasteiger charge is -2.18. The zero-order chi connectivity index (χ0) is 19.8. The van der Waals surface area contributed by atoms with Crippen LogP contribution < -0.4 is 19.7 Å². The summed E-state index contributed by atoms with van der Waals surface area (Å²) in [6.07, 6.45) is 2.57. The molecule has 29 heavy (non-hydrogen) atoms. The van der Waals surface area contributed by atoms with Gasteiger partial charge in [-0.15, -0.1) is 0 Å². The van der Waals surface area contributed by atoms with Crippen LogP contribution in [0, 0.1) is 6.92 Å². The molecule has 9 nitrogen and oxygen atoms in total. The molecule has 0 unspecified atom stereocenters. The van der Waals surface area contributed by atoms with Crippen molar-refractivity contribution in [2.75, 3.05) is 24.8 Å². The van der Waals surface area contributed by atoms with Gasteiger partial charge in [-0.05, 0) is 43.7 Å². The van der Waals surface area contributed by atoms with Gasteiger partial charge in [-0.2, -0.15) is 4.98 Å². The Labute approximate surface area is 166 Å². The molecular formula is C20H19N5O4. The zero-order valence-electron chi connectivity index (χ0n) is 15.8. The number of hydrogen-bond acceptors (Lipinski definition) is 8. The maximum absolute atomic E-state index is 12.6. The summed E-state index contributed by atoms with van der Waals surface area (Å²) in [5.74, 6) is 3.04. The van der Waals surface area contributed by atoms with E-state index >= 15 is 0 Å². The molecule has 0 radical (unpaired) electrons. The lowest BCUT2D eigenvalue weighted by molar-refractivity contribution is 0.0940. The van der Waals surface area contributed by atoms with E-state index in [0.717, 1.165) is 24.3 Å². The third-order valence-electron chi connectivity index (χ3n) is 5.00. The van der Waals surface area contributed by atoms with E-state index in [1.807, 2.05) is 12.1 Å². The van der Waals surface area contributed by atoms with E-state index in [2.05, 4.69) is 25.3 Å². The van der Waals surface area contributed by atoms with Gasteiger partial charge in [0, 0.05) is 30.9 Å². The number of carbonyl (C=O) groups is 1. The second kappa shape index (κ2) is 7.08. The number of nitrogens with one attached hydrogen (secondary N) is 1. The van der Waals surface area contributed by atoms with Gasteiger partial charge in [0.15, 0.2) is 17.3 Å². The fraction of sp³-hybridized carbons (Fsp3) is 0.300. The first-order valence-corrected chi connectivity index (χ1v) is 9.38. The molecular weight excluding hydrogens is 374 g/mol. The number of carbonyl (C=O) groups excluding carboxylic acids is 1. The molecule has 9 heteroatoms. The Morgan fingerprint density at radius 2 is 2.10 bits per heavy atom. The fourth-order valence-electron chi connectivity index (χ4n) is 3.51. The van der Waals surface area contributed by atoms with Crippen LogP contribution in [0.15, 0.2) is 41.1 Å². The molecule has 1 amide bonds. The lowest BCUT2D eigenvalue weighted by Crippen LogP contribution is -2.37. The van der Waals surface area contributed by atoms with Crippen LogP contribution in [0.25, 0.3) is 11.5 Å². The Hall–Kier alpha value is -3.62. The van der Waals surface area contributed by atoms with Crippen molar-refractivity contribution in [1.82, 2.24) is 20.4 Å². The molecule has 1 atom stereocenters. The average molecular weight is 393 g/mol. The van der Waals surface area contributed by atoms with E-state index in [1.54, 1.807) is 31.3 Å². The molecule has 0 spiro atoms. The maximum atomic E-state index is 12.6. The maximum Gasteiger partial charge on any atom is 0.259 e. The van der Waals surface area contributed by atoms with Gasteiger partial charge < -0.3 is 24.2 Å². The van der Waals surface area contributed by atoms with Crippen LogP contribution >= 0.6 is 0 Å². The Morgan fingerprint density at radius 1 is 1.21 bits per heavy atom. The number of aromatic nitrogens is 3. The molecule has 2 aliphatic rings. The van der Waals surface area contributed by atoms with Crippen molar-refractivity contribution in [3.05, 3.63) is 47.9 Å². The Kier molecular flexibility index (Phi) is 4.27. The van der Waals surface area contributed by atoms with Crippen molar-refractivity contribution < 1.29 is 18.8 Å². The van der Waals surface area contributed by atoms with Crippen LogP contribution in [0.4, 0.5) is 5.82 Å². The monoisotopic (exact) mass is 393 g/mol. The minimum Gasteiger partial charge on any atom is -0.454 e. The van der Waals surface area contributed by atoms with Gasteiger partial charge in [0.05, 0.1) is 5.56 Å². The number of benzene rings is 1. The number of amides is 1. The summed E-state index contributed by atoms with van der Waals surface area (Å²) < 4.78 is 15.8. The Morgan fingerprint density at radius 3 is 2.90 bits per heavy atom. The van der Waals surface area contributed by atoms with Gasteiger partial charge in [0.25, 0.3) is 11.8 Å². The van der Waals surface area contributed by atoms with Crippen molar-refractivity contribution in [2.45, 2.75) is 19.4 Å². The van der Waals surface area contributed by atoms with Crippen molar-refractivity contribution in [1.29, 1.82) is 0 Å². The summed E-state index contributed by atoms with van der Waals surface area (Å²) >= 11 is 0.